The van der Waals surface area contributed by atoms with Gasteiger partial charge in [-0.2, -0.15) is 0 Å². The summed E-state index contributed by atoms with van der Waals surface area (Å²) in [4.78, 5) is 38.2. The summed E-state index contributed by atoms with van der Waals surface area (Å²) in [5, 5.41) is 0. The molecule has 0 heterocycles. The molecule has 0 aromatic heterocycles. The minimum Gasteiger partial charge on any atom is -0.300 e. The van der Waals surface area contributed by atoms with Gasteiger partial charge in [0.05, 0.1) is 0 Å². The summed E-state index contributed by atoms with van der Waals surface area (Å²) < 4.78 is 0. The van der Waals surface area contributed by atoms with Gasteiger partial charge in [0.15, 0.2) is 5.78 Å². The van der Waals surface area contributed by atoms with Gasteiger partial charge >= 0.3 is 0 Å². The molecule has 136 valence electrons. The second-order valence-corrected chi connectivity index (χ2v) is 10.5. The Labute approximate surface area is 150 Å². The fourth-order valence-corrected chi connectivity index (χ4v) is 7.12. The third kappa shape index (κ3) is 1.90. The van der Waals surface area contributed by atoms with E-state index >= 15 is 0 Å². The number of hydrogen-bond donors (Lipinski definition) is 0. The van der Waals surface area contributed by atoms with E-state index in [4.69, 9.17) is 0 Å². The lowest BCUT2D eigenvalue weighted by atomic mass is 9.40. The zero-order chi connectivity index (χ0) is 18.4. The number of ketones is 3. The van der Waals surface area contributed by atoms with Crippen molar-refractivity contribution in [2.45, 2.75) is 73.1 Å². The lowest BCUT2D eigenvalue weighted by molar-refractivity contribution is -0.156. The van der Waals surface area contributed by atoms with Gasteiger partial charge in [-0.3, -0.25) is 14.4 Å². The molecule has 0 bridgehead atoms. The highest BCUT2D eigenvalue weighted by Crippen LogP contribution is 2.71. The monoisotopic (exact) mass is 342 g/mol. The number of carbonyl (C=O) groups excluding carboxylic acids is 3. The van der Waals surface area contributed by atoms with E-state index in [2.05, 4.69) is 20.8 Å². The van der Waals surface area contributed by atoms with Crippen LogP contribution < -0.4 is 0 Å². The topological polar surface area (TPSA) is 51.2 Å². The van der Waals surface area contributed by atoms with Crippen molar-refractivity contribution in [3.05, 3.63) is 11.6 Å². The first-order valence-electron chi connectivity index (χ1n) is 9.77. The smallest absolute Gasteiger partial charge is 0.159 e. The van der Waals surface area contributed by atoms with Crippen LogP contribution in [0.2, 0.25) is 0 Å². The summed E-state index contributed by atoms with van der Waals surface area (Å²) in [5.41, 5.74) is 0.0958. The molecule has 3 nitrogen and oxygen atoms in total. The van der Waals surface area contributed by atoms with Gasteiger partial charge in [0.2, 0.25) is 0 Å². The summed E-state index contributed by atoms with van der Waals surface area (Å²) in [7, 11) is 0. The van der Waals surface area contributed by atoms with Crippen LogP contribution in [-0.2, 0) is 14.4 Å². The molecular weight excluding hydrogens is 312 g/mol. The Morgan fingerprint density at radius 1 is 0.960 bits per heavy atom. The van der Waals surface area contributed by atoms with Gasteiger partial charge in [0.25, 0.3) is 0 Å². The van der Waals surface area contributed by atoms with E-state index < -0.39 is 5.41 Å². The SMILES string of the molecule is CC1(C)C(=O)CCC2C1=CC(=O)C1C2(C)CCC2(C)CC(=O)CC12C. The second-order valence-electron chi connectivity index (χ2n) is 10.5. The normalized spacial score (nSPS) is 48.5. The average Bonchev–Trinajstić information content (AvgIpc) is 2.72. The number of carbonyl (C=O) groups is 3. The Kier molecular flexibility index (Phi) is 3.24. The maximum Gasteiger partial charge on any atom is 0.159 e. The predicted octanol–water partition coefficient (Wildman–Crippen LogP) is 4.29. The third-order valence-corrected chi connectivity index (χ3v) is 8.88. The minimum atomic E-state index is -0.528. The van der Waals surface area contributed by atoms with E-state index in [0.29, 0.717) is 31.0 Å². The average molecular weight is 342 g/mol. The van der Waals surface area contributed by atoms with E-state index in [1.54, 1.807) is 0 Å². The summed E-state index contributed by atoms with van der Waals surface area (Å²) in [6, 6.07) is 0. The molecule has 5 atom stereocenters. The van der Waals surface area contributed by atoms with Crippen LogP contribution in [0.15, 0.2) is 11.6 Å². The molecule has 0 saturated heterocycles. The van der Waals surface area contributed by atoms with Gasteiger partial charge in [-0.15, -0.1) is 0 Å². The van der Waals surface area contributed by atoms with E-state index in [-0.39, 0.29) is 33.7 Å². The Morgan fingerprint density at radius 3 is 2.32 bits per heavy atom. The van der Waals surface area contributed by atoms with Gasteiger partial charge in [-0.05, 0) is 66.9 Å². The van der Waals surface area contributed by atoms with Crippen molar-refractivity contribution in [3.63, 3.8) is 0 Å². The molecule has 4 aliphatic rings. The van der Waals surface area contributed by atoms with Crippen molar-refractivity contribution < 1.29 is 14.4 Å². The number of fused-ring (bicyclic) bond motifs is 5. The van der Waals surface area contributed by atoms with E-state index in [0.717, 1.165) is 24.8 Å². The van der Waals surface area contributed by atoms with Crippen LogP contribution in [0.5, 0.6) is 0 Å². The second kappa shape index (κ2) is 4.72. The lowest BCUT2D eigenvalue weighted by Crippen LogP contribution is -2.60. The van der Waals surface area contributed by atoms with Crippen LogP contribution >= 0.6 is 0 Å². The van der Waals surface area contributed by atoms with Gasteiger partial charge in [-0.1, -0.05) is 20.8 Å². The van der Waals surface area contributed by atoms with Crippen LogP contribution in [0.4, 0.5) is 0 Å². The molecule has 4 rings (SSSR count). The highest BCUT2D eigenvalue weighted by Gasteiger charge is 2.68. The molecule has 0 spiro atoms. The number of allylic oxidation sites excluding steroid dienone is 2. The molecule has 3 fully saturated rings. The molecule has 0 aromatic rings. The lowest BCUT2D eigenvalue weighted by Gasteiger charge is -2.63. The Bertz CT molecular complexity index is 730. The van der Waals surface area contributed by atoms with E-state index in [1.165, 1.54) is 0 Å². The summed E-state index contributed by atoms with van der Waals surface area (Å²) in [5.74, 6) is 0.936. The van der Waals surface area contributed by atoms with Gasteiger partial charge in [0, 0.05) is 30.6 Å². The molecule has 0 aliphatic heterocycles. The van der Waals surface area contributed by atoms with Crippen molar-refractivity contribution in [3.8, 4) is 0 Å². The predicted molar refractivity (Wildman–Crippen MR) is 95.9 cm³/mol. The maximum absolute atomic E-state index is 13.4. The number of hydrogen-bond acceptors (Lipinski definition) is 3. The number of rotatable bonds is 0. The van der Waals surface area contributed by atoms with Crippen LogP contribution in [0.1, 0.15) is 73.1 Å². The van der Waals surface area contributed by atoms with E-state index in [1.807, 2.05) is 19.9 Å². The molecule has 0 aromatic carbocycles. The molecule has 0 radical (unpaired) electrons. The number of Topliss-reactive ketones (excluding diaryl/α,β-unsaturated/α-hetero) is 2. The molecular formula is C22H30O3. The van der Waals surface area contributed by atoms with Crippen molar-refractivity contribution in [2.75, 3.05) is 0 Å². The van der Waals surface area contributed by atoms with Crippen LogP contribution in [0, 0.1) is 33.5 Å². The first kappa shape index (κ1) is 17.2. The highest BCUT2D eigenvalue weighted by molar-refractivity contribution is 5.99. The zero-order valence-electron chi connectivity index (χ0n) is 16.2. The highest BCUT2D eigenvalue weighted by atomic mass is 16.1. The van der Waals surface area contributed by atoms with Crippen molar-refractivity contribution >= 4 is 17.3 Å². The van der Waals surface area contributed by atoms with Crippen molar-refractivity contribution in [1.29, 1.82) is 0 Å². The first-order valence-corrected chi connectivity index (χ1v) is 9.77. The van der Waals surface area contributed by atoms with Gasteiger partial charge < -0.3 is 0 Å². The zero-order valence-corrected chi connectivity index (χ0v) is 16.2. The van der Waals surface area contributed by atoms with E-state index in [9.17, 15) is 14.4 Å². The Balaban J connectivity index is 1.88. The third-order valence-electron chi connectivity index (χ3n) is 8.88. The molecule has 5 unspecified atom stereocenters. The molecule has 3 heteroatoms. The fraction of sp³-hybridized carbons (Fsp3) is 0.773. The van der Waals surface area contributed by atoms with Crippen LogP contribution in [-0.4, -0.2) is 17.3 Å². The van der Waals surface area contributed by atoms with Gasteiger partial charge in [0.1, 0.15) is 11.6 Å². The maximum atomic E-state index is 13.4. The summed E-state index contributed by atoms with van der Waals surface area (Å²) in [6.45, 7) is 10.6. The molecule has 0 N–H and O–H groups in total. The molecule has 25 heavy (non-hydrogen) atoms. The first-order chi connectivity index (χ1) is 11.5. The van der Waals surface area contributed by atoms with Crippen molar-refractivity contribution in [1.82, 2.24) is 0 Å². The fourth-order valence-electron chi connectivity index (χ4n) is 7.12. The largest absolute Gasteiger partial charge is 0.300 e. The standard InChI is InChI=1S/C22H30O3/c1-19(2)15-10-16(24)18-21(4,14(15)6-7-17(19)25)9-8-20(3)11-13(23)12-22(18,20)5/h10,14,18H,6-9,11-12H2,1-5H3. The summed E-state index contributed by atoms with van der Waals surface area (Å²) >= 11 is 0. The minimum absolute atomic E-state index is 0.0603. The summed E-state index contributed by atoms with van der Waals surface area (Å²) in [6.07, 6.45) is 6.42. The molecule has 0 amide bonds. The van der Waals surface area contributed by atoms with Gasteiger partial charge in [-0.25, -0.2) is 0 Å². The molecule has 4 aliphatic carbocycles. The Hall–Kier alpha value is -1.25. The van der Waals surface area contributed by atoms with Crippen LogP contribution in [0.3, 0.4) is 0 Å². The van der Waals surface area contributed by atoms with Crippen LogP contribution in [0.25, 0.3) is 0 Å². The molecule has 3 saturated carbocycles. The quantitative estimate of drug-likeness (QED) is 0.660. The Morgan fingerprint density at radius 2 is 1.64 bits per heavy atom. The van der Waals surface area contributed by atoms with Crippen molar-refractivity contribution in [2.24, 2.45) is 33.5 Å².